The number of carbonyl (C=O) groups is 2. The highest BCUT2D eigenvalue weighted by atomic mass is 16.2. The first kappa shape index (κ1) is 17.2. The van der Waals surface area contributed by atoms with Crippen LogP contribution >= 0.6 is 0 Å². The zero-order valence-electron chi connectivity index (χ0n) is 14.8. The van der Waals surface area contributed by atoms with E-state index in [1.807, 2.05) is 23.1 Å². The Hall–Kier alpha value is -2.66. The lowest BCUT2D eigenvalue weighted by Gasteiger charge is -2.37. The molecule has 0 saturated carbocycles. The summed E-state index contributed by atoms with van der Waals surface area (Å²) < 4.78 is 0. The highest BCUT2D eigenvalue weighted by Crippen LogP contribution is 2.36. The molecule has 0 spiro atoms. The van der Waals surface area contributed by atoms with E-state index in [-0.39, 0.29) is 11.8 Å². The van der Waals surface area contributed by atoms with Gasteiger partial charge in [-0.2, -0.15) is 0 Å². The molecule has 2 aromatic carbocycles. The smallest absolute Gasteiger partial charge is 0.258 e. The van der Waals surface area contributed by atoms with Crippen LogP contribution in [0.5, 0.6) is 0 Å². The van der Waals surface area contributed by atoms with Crippen LogP contribution < -0.4 is 10.2 Å². The molecule has 0 radical (unpaired) electrons. The summed E-state index contributed by atoms with van der Waals surface area (Å²) in [6.07, 6.45) is 0.903. The maximum absolute atomic E-state index is 13.0. The molecule has 1 aliphatic rings. The van der Waals surface area contributed by atoms with Crippen LogP contribution in [0.15, 0.2) is 48.5 Å². The quantitative estimate of drug-likeness (QED) is 0.935. The van der Waals surface area contributed by atoms with Gasteiger partial charge in [-0.05, 0) is 56.4 Å². The van der Waals surface area contributed by atoms with Crippen molar-refractivity contribution in [3.05, 3.63) is 59.7 Å². The maximum Gasteiger partial charge on any atom is 0.258 e. The largest absolute Gasteiger partial charge is 0.326 e. The fraction of sp³-hybridized carbons (Fsp3) is 0.300. The van der Waals surface area contributed by atoms with Gasteiger partial charge in [0.1, 0.15) is 0 Å². The Labute approximate surface area is 148 Å². The summed E-state index contributed by atoms with van der Waals surface area (Å²) >= 11 is 0. The minimum Gasteiger partial charge on any atom is -0.326 e. The second kappa shape index (κ2) is 7.07. The van der Waals surface area contributed by atoms with Crippen LogP contribution in [0, 0.1) is 0 Å². The SMILES string of the molecule is CC(=O)Nc1ccc(C(=O)N2CCC(N(C)C)c3ccccc32)cc1. The van der Waals surface area contributed by atoms with Crippen molar-refractivity contribution < 1.29 is 9.59 Å². The molecule has 5 nitrogen and oxygen atoms in total. The molecule has 0 aliphatic carbocycles. The minimum atomic E-state index is -0.126. The average Bonchev–Trinajstić information content (AvgIpc) is 2.60. The normalized spacial score (nSPS) is 16.5. The molecule has 1 atom stereocenters. The van der Waals surface area contributed by atoms with Crippen LogP contribution in [0.1, 0.15) is 35.3 Å². The molecule has 2 amide bonds. The Balaban J connectivity index is 1.87. The molecule has 0 aromatic heterocycles. The van der Waals surface area contributed by atoms with Gasteiger partial charge in [0, 0.05) is 36.4 Å². The summed E-state index contributed by atoms with van der Waals surface area (Å²) in [5.74, 6) is -0.141. The molecular weight excluding hydrogens is 314 g/mol. The third-order valence-electron chi connectivity index (χ3n) is 4.53. The summed E-state index contributed by atoms with van der Waals surface area (Å²) in [4.78, 5) is 28.2. The number of hydrogen-bond donors (Lipinski definition) is 1. The van der Waals surface area contributed by atoms with Gasteiger partial charge in [0.05, 0.1) is 0 Å². The minimum absolute atomic E-state index is 0.0148. The Morgan fingerprint density at radius 3 is 2.40 bits per heavy atom. The molecule has 0 fully saturated rings. The van der Waals surface area contributed by atoms with Crippen LogP contribution in [0.3, 0.4) is 0 Å². The van der Waals surface area contributed by atoms with Gasteiger partial charge in [-0.3, -0.25) is 9.59 Å². The monoisotopic (exact) mass is 337 g/mol. The zero-order valence-corrected chi connectivity index (χ0v) is 14.8. The molecule has 25 heavy (non-hydrogen) atoms. The van der Waals surface area contributed by atoms with E-state index in [2.05, 4.69) is 30.4 Å². The third kappa shape index (κ3) is 3.56. The number of nitrogens with one attached hydrogen (secondary N) is 1. The number of amides is 2. The van der Waals surface area contributed by atoms with Crippen LogP contribution in [0.4, 0.5) is 11.4 Å². The van der Waals surface area contributed by atoms with E-state index < -0.39 is 0 Å². The number of rotatable bonds is 3. The lowest BCUT2D eigenvalue weighted by Crippen LogP contribution is -2.39. The fourth-order valence-electron chi connectivity index (χ4n) is 3.35. The van der Waals surface area contributed by atoms with Crippen molar-refractivity contribution in [2.45, 2.75) is 19.4 Å². The molecule has 130 valence electrons. The number of hydrogen-bond acceptors (Lipinski definition) is 3. The fourth-order valence-corrected chi connectivity index (χ4v) is 3.35. The van der Waals surface area contributed by atoms with Crippen LogP contribution in [-0.4, -0.2) is 37.4 Å². The van der Waals surface area contributed by atoms with Crippen molar-refractivity contribution in [2.75, 3.05) is 30.9 Å². The summed E-state index contributed by atoms with van der Waals surface area (Å²) in [5, 5.41) is 2.72. The van der Waals surface area contributed by atoms with Crippen molar-refractivity contribution in [1.29, 1.82) is 0 Å². The maximum atomic E-state index is 13.0. The van der Waals surface area contributed by atoms with E-state index in [0.29, 0.717) is 23.8 Å². The van der Waals surface area contributed by atoms with Gasteiger partial charge in [-0.1, -0.05) is 18.2 Å². The van der Waals surface area contributed by atoms with Crippen LogP contribution in [0.25, 0.3) is 0 Å². The number of fused-ring (bicyclic) bond motifs is 1. The van der Waals surface area contributed by atoms with Gasteiger partial charge < -0.3 is 15.1 Å². The number of para-hydroxylation sites is 1. The first-order valence-corrected chi connectivity index (χ1v) is 8.42. The van der Waals surface area contributed by atoms with Gasteiger partial charge in [0.15, 0.2) is 0 Å². The second-order valence-electron chi connectivity index (χ2n) is 6.54. The van der Waals surface area contributed by atoms with E-state index in [4.69, 9.17) is 0 Å². The summed E-state index contributed by atoms with van der Waals surface area (Å²) in [6.45, 7) is 2.15. The summed E-state index contributed by atoms with van der Waals surface area (Å²) in [7, 11) is 4.14. The second-order valence-corrected chi connectivity index (χ2v) is 6.54. The van der Waals surface area contributed by atoms with E-state index >= 15 is 0 Å². The first-order valence-electron chi connectivity index (χ1n) is 8.42. The standard InChI is InChI=1S/C20H23N3O2/c1-14(24)21-16-10-8-15(9-11-16)20(25)23-13-12-18(22(2)3)17-6-4-5-7-19(17)23/h4-11,18H,12-13H2,1-3H3,(H,21,24). The van der Waals surface area contributed by atoms with Gasteiger partial charge in [0.25, 0.3) is 5.91 Å². The molecule has 5 heteroatoms. The predicted molar refractivity (Wildman–Crippen MR) is 99.9 cm³/mol. The van der Waals surface area contributed by atoms with Crippen molar-refractivity contribution in [3.63, 3.8) is 0 Å². The highest BCUT2D eigenvalue weighted by Gasteiger charge is 2.29. The lowest BCUT2D eigenvalue weighted by molar-refractivity contribution is -0.114. The molecule has 0 bridgehead atoms. The molecule has 1 aliphatic heterocycles. The van der Waals surface area contributed by atoms with Crippen LogP contribution in [-0.2, 0) is 4.79 Å². The topological polar surface area (TPSA) is 52.7 Å². The van der Waals surface area contributed by atoms with E-state index in [0.717, 1.165) is 12.1 Å². The Morgan fingerprint density at radius 2 is 1.76 bits per heavy atom. The molecular formula is C20H23N3O2. The molecule has 1 N–H and O–H groups in total. The van der Waals surface area contributed by atoms with Gasteiger partial charge >= 0.3 is 0 Å². The van der Waals surface area contributed by atoms with Crippen molar-refractivity contribution in [3.8, 4) is 0 Å². The Bertz CT molecular complexity index is 784. The molecule has 1 heterocycles. The number of nitrogens with zero attached hydrogens (tertiary/aromatic N) is 2. The number of benzene rings is 2. The van der Waals surface area contributed by atoms with Gasteiger partial charge in [-0.15, -0.1) is 0 Å². The third-order valence-corrected chi connectivity index (χ3v) is 4.53. The zero-order chi connectivity index (χ0) is 18.0. The molecule has 2 aromatic rings. The lowest BCUT2D eigenvalue weighted by atomic mass is 9.95. The summed E-state index contributed by atoms with van der Waals surface area (Å²) in [5.41, 5.74) is 3.47. The molecule has 3 rings (SSSR count). The van der Waals surface area contributed by atoms with Crippen molar-refractivity contribution in [2.24, 2.45) is 0 Å². The molecule has 0 saturated heterocycles. The van der Waals surface area contributed by atoms with Crippen LogP contribution in [0.2, 0.25) is 0 Å². The van der Waals surface area contributed by atoms with E-state index in [1.54, 1.807) is 24.3 Å². The Morgan fingerprint density at radius 1 is 1.08 bits per heavy atom. The van der Waals surface area contributed by atoms with Crippen molar-refractivity contribution in [1.82, 2.24) is 4.90 Å². The van der Waals surface area contributed by atoms with Gasteiger partial charge in [0.2, 0.25) is 5.91 Å². The van der Waals surface area contributed by atoms with E-state index in [1.165, 1.54) is 12.5 Å². The predicted octanol–water partition coefficient (Wildman–Crippen LogP) is 3.30. The van der Waals surface area contributed by atoms with E-state index in [9.17, 15) is 9.59 Å². The highest BCUT2D eigenvalue weighted by molar-refractivity contribution is 6.07. The summed E-state index contributed by atoms with van der Waals surface area (Å²) in [6, 6.07) is 15.4. The van der Waals surface area contributed by atoms with Gasteiger partial charge in [-0.25, -0.2) is 0 Å². The van der Waals surface area contributed by atoms with Crippen molar-refractivity contribution >= 4 is 23.2 Å². The number of anilines is 2. The molecule has 1 unspecified atom stereocenters. The Kier molecular flexibility index (Phi) is 4.86. The first-order chi connectivity index (χ1) is 12.0. The average molecular weight is 337 g/mol. The number of carbonyl (C=O) groups excluding carboxylic acids is 2.